The number of ether oxygens (including phenoxy) is 1. The summed E-state index contributed by atoms with van der Waals surface area (Å²) < 4.78 is 5.19. The number of thiazole rings is 1. The Morgan fingerprint density at radius 2 is 2.12 bits per heavy atom. The van der Waals surface area contributed by atoms with Gasteiger partial charge < -0.3 is 15.4 Å². The molecule has 0 radical (unpaired) electrons. The lowest BCUT2D eigenvalue weighted by atomic mass is 9.92. The van der Waals surface area contributed by atoms with Crippen LogP contribution in [0.5, 0.6) is 5.75 Å². The van der Waals surface area contributed by atoms with Crippen LogP contribution in [0.3, 0.4) is 0 Å². The molecule has 2 aromatic rings. The first-order valence-electron chi connectivity index (χ1n) is 8.23. The zero-order chi connectivity index (χ0) is 17.1. The van der Waals surface area contributed by atoms with Gasteiger partial charge in [0.2, 0.25) is 5.91 Å². The molecule has 0 bridgehead atoms. The molecule has 1 saturated heterocycles. The first kappa shape index (κ1) is 16.9. The van der Waals surface area contributed by atoms with Gasteiger partial charge in [-0.1, -0.05) is 0 Å². The molecule has 1 fully saturated rings. The molecule has 2 N–H and O–H groups in total. The molecular formula is C18H23N3O2S. The van der Waals surface area contributed by atoms with Crippen LogP contribution in [0.15, 0.2) is 24.3 Å². The lowest BCUT2D eigenvalue weighted by Crippen LogP contribution is -2.40. The highest BCUT2D eigenvalue weighted by molar-refractivity contribution is 7.16. The smallest absolute Gasteiger partial charge is 0.229 e. The number of nitrogens with zero attached hydrogens (tertiary/aromatic N) is 1. The first-order chi connectivity index (χ1) is 11.6. The topological polar surface area (TPSA) is 63.2 Å². The molecule has 5 nitrogen and oxygen atoms in total. The fourth-order valence-corrected chi connectivity index (χ4v) is 3.88. The second-order valence-corrected chi connectivity index (χ2v) is 7.42. The average molecular weight is 345 g/mol. The minimum atomic E-state index is 0.0647. The molecule has 2 atom stereocenters. The van der Waals surface area contributed by atoms with E-state index in [1.807, 2.05) is 31.2 Å². The number of amides is 1. The molecule has 1 amide bonds. The predicted molar refractivity (Wildman–Crippen MR) is 97.7 cm³/mol. The van der Waals surface area contributed by atoms with E-state index in [0.29, 0.717) is 11.2 Å². The Hall–Kier alpha value is -1.92. The zero-order valence-electron chi connectivity index (χ0n) is 14.3. The average Bonchev–Trinajstić information content (AvgIpc) is 2.95. The van der Waals surface area contributed by atoms with E-state index in [-0.39, 0.29) is 11.8 Å². The molecule has 1 aliphatic heterocycles. The Morgan fingerprint density at radius 1 is 1.38 bits per heavy atom. The molecule has 1 aromatic carbocycles. The summed E-state index contributed by atoms with van der Waals surface area (Å²) in [5.74, 6) is 0.966. The van der Waals surface area contributed by atoms with Crippen molar-refractivity contribution in [3.63, 3.8) is 0 Å². The summed E-state index contributed by atoms with van der Waals surface area (Å²) in [6, 6.07) is 8.20. The number of methoxy groups -OCH3 is 1. The van der Waals surface area contributed by atoms with Crippen LogP contribution in [0, 0.1) is 12.8 Å². The maximum Gasteiger partial charge on any atom is 0.229 e. The monoisotopic (exact) mass is 345 g/mol. The van der Waals surface area contributed by atoms with Gasteiger partial charge in [-0.3, -0.25) is 4.79 Å². The van der Waals surface area contributed by atoms with Gasteiger partial charge in [-0.15, -0.1) is 11.3 Å². The number of benzene rings is 1. The quantitative estimate of drug-likeness (QED) is 0.891. The summed E-state index contributed by atoms with van der Waals surface area (Å²) in [4.78, 5) is 18.2. The molecule has 128 valence electrons. The van der Waals surface area contributed by atoms with Gasteiger partial charge in [-0.05, 0) is 57.5 Å². The zero-order valence-corrected chi connectivity index (χ0v) is 15.1. The highest BCUT2D eigenvalue weighted by Crippen LogP contribution is 2.32. The number of nitrogens with one attached hydrogen (secondary N) is 2. The van der Waals surface area contributed by atoms with Gasteiger partial charge in [0.1, 0.15) is 5.75 Å². The van der Waals surface area contributed by atoms with E-state index in [2.05, 4.69) is 22.5 Å². The van der Waals surface area contributed by atoms with Crippen molar-refractivity contribution in [1.82, 2.24) is 10.3 Å². The molecular weight excluding hydrogens is 322 g/mol. The third-order valence-corrected chi connectivity index (χ3v) is 5.27. The van der Waals surface area contributed by atoms with Crippen LogP contribution in [-0.2, 0) is 4.79 Å². The van der Waals surface area contributed by atoms with Gasteiger partial charge in [-0.25, -0.2) is 4.98 Å². The van der Waals surface area contributed by atoms with Crippen LogP contribution >= 0.6 is 11.3 Å². The highest BCUT2D eigenvalue weighted by atomic mass is 32.1. The molecule has 3 rings (SSSR count). The van der Waals surface area contributed by atoms with Crippen LogP contribution in [-0.4, -0.2) is 30.6 Å². The number of anilines is 1. The van der Waals surface area contributed by atoms with E-state index >= 15 is 0 Å². The van der Waals surface area contributed by atoms with Gasteiger partial charge in [0, 0.05) is 22.4 Å². The number of carbonyl (C=O) groups excluding carboxylic acids is 1. The van der Waals surface area contributed by atoms with Crippen LogP contribution < -0.4 is 15.4 Å². The lowest BCUT2D eigenvalue weighted by molar-refractivity contribution is -0.120. The second kappa shape index (κ2) is 7.32. The van der Waals surface area contributed by atoms with Crippen molar-refractivity contribution in [2.45, 2.75) is 32.7 Å². The van der Waals surface area contributed by atoms with Gasteiger partial charge in [0.05, 0.1) is 12.8 Å². The number of rotatable bonds is 4. The van der Waals surface area contributed by atoms with E-state index in [9.17, 15) is 4.79 Å². The summed E-state index contributed by atoms with van der Waals surface area (Å²) >= 11 is 1.52. The van der Waals surface area contributed by atoms with E-state index < -0.39 is 0 Å². The van der Waals surface area contributed by atoms with Gasteiger partial charge in [-0.2, -0.15) is 0 Å². The third kappa shape index (κ3) is 3.76. The van der Waals surface area contributed by atoms with E-state index in [1.165, 1.54) is 11.3 Å². The molecule has 2 heterocycles. The number of hydrogen-bond acceptors (Lipinski definition) is 5. The summed E-state index contributed by atoms with van der Waals surface area (Å²) in [5.41, 5.74) is 1.94. The Kier molecular flexibility index (Phi) is 5.16. The van der Waals surface area contributed by atoms with Crippen LogP contribution in [0.25, 0.3) is 11.3 Å². The summed E-state index contributed by atoms with van der Waals surface area (Å²) in [6.07, 6.45) is 1.76. The highest BCUT2D eigenvalue weighted by Gasteiger charge is 2.25. The van der Waals surface area contributed by atoms with Crippen molar-refractivity contribution in [3.05, 3.63) is 29.1 Å². The number of hydrogen-bond donors (Lipinski definition) is 2. The summed E-state index contributed by atoms with van der Waals surface area (Å²) in [5, 5.41) is 7.05. The molecule has 1 aromatic heterocycles. The van der Waals surface area contributed by atoms with Crippen LogP contribution in [0.4, 0.5) is 5.13 Å². The molecule has 24 heavy (non-hydrogen) atoms. The van der Waals surface area contributed by atoms with Crippen molar-refractivity contribution in [1.29, 1.82) is 0 Å². The second-order valence-electron chi connectivity index (χ2n) is 6.22. The maximum absolute atomic E-state index is 12.5. The summed E-state index contributed by atoms with van der Waals surface area (Å²) in [7, 11) is 1.65. The number of aromatic nitrogens is 1. The van der Waals surface area contributed by atoms with Crippen molar-refractivity contribution >= 4 is 22.4 Å². The largest absolute Gasteiger partial charge is 0.497 e. The van der Waals surface area contributed by atoms with Crippen molar-refractivity contribution in [2.24, 2.45) is 5.92 Å². The Balaban J connectivity index is 1.72. The number of piperidine rings is 1. The minimum absolute atomic E-state index is 0.0647. The van der Waals surface area contributed by atoms with E-state index in [0.717, 1.165) is 41.3 Å². The number of aryl methyl sites for hydroxylation is 1. The van der Waals surface area contributed by atoms with Gasteiger partial charge in [0.15, 0.2) is 5.13 Å². The van der Waals surface area contributed by atoms with Crippen molar-refractivity contribution < 1.29 is 9.53 Å². The lowest BCUT2D eigenvalue weighted by Gasteiger charge is -2.26. The number of carbonyl (C=O) groups is 1. The van der Waals surface area contributed by atoms with Gasteiger partial charge in [0.25, 0.3) is 0 Å². The molecule has 0 spiro atoms. The Labute approximate surface area is 146 Å². The van der Waals surface area contributed by atoms with Crippen molar-refractivity contribution in [2.75, 3.05) is 19.0 Å². The third-order valence-electron chi connectivity index (χ3n) is 4.38. The van der Waals surface area contributed by atoms with E-state index in [4.69, 9.17) is 4.74 Å². The Bertz CT molecular complexity index is 712. The molecule has 0 aliphatic carbocycles. The SMILES string of the molecule is COc1ccc(-c2nc(NC(=O)[C@H]3CCN[C@@H](C)C3)sc2C)cc1. The predicted octanol–water partition coefficient (Wildman–Crippen LogP) is 3.45. The standard InChI is InChI=1S/C18H23N3O2S/c1-11-10-14(8-9-19-11)17(22)21-18-20-16(12(2)24-18)13-4-6-15(23-3)7-5-13/h4-7,11,14,19H,8-10H2,1-3H3,(H,20,21,22)/t11-,14-/m0/s1. The van der Waals surface area contributed by atoms with Crippen molar-refractivity contribution in [3.8, 4) is 17.0 Å². The first-order valence-corrected chi connectivity index (χ1v) is 9.04. The summed E-state index contributed by atoms with van der Waals surface area (Å²) in [6.45, 7) is 5.04. The molecule has 0 saturated carbocycles. The minimum Gasteiger partial charge on any atom is -0.497 e. The molecule has 0 unspecified atom stereocenters. The van der Waals surface area contributed by atoms with Crippen LogP contribution in [0.1, 0.15) is 24.6 Å². The molecule has 6 heteroatoms. The normalized spacial score (nSPS) is 20.6. The molecule has 1 aliphatic rings. The van der Waals surface area contributed by atoms with Gasteiger partial charge >= 0.3 is 0 Å². The van der Waals surface area contributed by atoms with E-state index in [1.54, 1.807) is 7.11 Å². The maximum atomic E-state index is 12.5. The fourth-order valence-electron chi connectivity index (χ4n) is 3.04. The Morgan fingerprint density at radius 3 is 2.79 bits per heavy atom. The van der Waals surface area contributed by atoms with Crippen LogP contribution in [0.2, 0.25) is 0 Å². The fraction of sp³-hybridized carbons (Fsp3) is 0.444.